The highest BCUT2D eigenvalue weighted by Crippen LogP contribution is 2.37. The van der Waals surface area contributed by atoms with Gasteiger partial charge in [-0.3, -0.25) is 4.79 Å². The van der Waals surface area contributed by atoms with Crippen LogP contribution in [-0.2, 0) is 4.79 Å². The summed E-state index contributed by atoms with van der Waals surface area (Å²) in [4.78, 5) is 13.6. The van der Waals surface area contributed by atoms with Crippen molar-refractivity contribution >= 4 is 27.5 Å². The molecule has 14 heavy (non-hydrogen) atoms. The van der Waals surface area contributed by atoms with Crippen molar-refractivity contribution in [1.29, 1.82) is 0 Å². The van der Waals surface area contributed by atoms with Crippen molar-refractivity contribution in [2.45, 2.75) is 17.7 Å². The molecule has 0 saturated carbocycles. The Bertz CT molecular complexity index is 352. The molecule has 0 spiro atoms. The molecular formula is C11H12BrNO. The summed E-state index contributed by atoms with van der Waals surface area (Å²) >= 11 is 3.48. The Morgan fingerprint density at radius 1 is 1.43 bits per heavy atom. The van der Waals surface area contributed by atoms with Gasteiger partial charge in [0.05, 0.1) is 6.54 Å². The topological polar surface area (TPSA) is 20.3 Å². The van der Waals surface area contributed by atoms with Crippen LogP contribution in [0, 0.1) is 0 Å². The quantitative estimate of drug-likeness (QED) is 0.586. The molecule has 1 saturated heterocycles. The third-order valence-electron chi connectivity index (χ3n) is 2.67. The molecule has 1 heterocycles. The predicted molar refractivity (Wildman–Crippen MR) is 60.7 cm³/mol. The van der Waals surface area contributed by atoms with Gasteiger partial charge in [-0.1, -0.05) is 41.1 Å². The van der Waals surface area contributed by atoms with Gasteiger partial charge in [0.15, 0.2) is 0 Å². The molecule has 1 aromatic carbocycles. The maximum absolute atomic E-state index is 11.8. The molecule has 1 amide bonds. The monoisotopic (exact) mass is 253 g/mol. The zero-order valence-electron chi connectivity index (χ0n) is 8.03. The number of rotatable bonds is 2. The van der Waals surface area contributed by atoms with Gasteiger partial charge in [0.1, 0.15) is 4.32 Å². The van der Waals surface area contributed by atoms with Crippen molar-refractivity contribution in [3.8, 4) is 0 Å². The summed E-state index contributed by atoms with van der Waals surface area (Å²) in [5.74, 6) is 0.172. The number of hydrogen-bond acceptors (Lipinski definition) is 1. The number of benzene rings is 1. The van der Waals surface area contributed by atoms with Crippen LogP contribution in [0.2, 0.25) is 0 Å². The first-order valence-electron chi connectivity index (χ1n) is 4.73. The molecule has 1 fully saturated rings. The molecule has 0 N–H and O–H groups in total. The van der Waals surface area contributed by atoms with Gasteiger partial charge in [-0.05, 0) is 18.6 Å². The summed E-state index contributed by atoms with van der Waals surface area (Å²) in [6, 6.07) is 9.76. The lowest BCUT2D eigenvalue weighted by Gasteiger charge is -2.44. The number of halogens is 1. The summed E-state index contributed by atoms with van der Waals surface area (Å²) in [7, 11) is 0. The number of β-lactam (4-membered cyclic amide) rings is 1. The van der Waals surface area contributed by atoms with E-state index >= 15 is 0 Å². The average Bonchev–Trinajstić information content (AvgIpc) is 2.26. The van der Waals surface area contributed by atoms with E-state index in [0.717, 1.165) is 18.7 Å². The number of hydrogen-bond donors (Lipinski definition) is 0. The lowest BCUT2D eigenvalue weighted by molar-refractivity contribution is -0.125. The SMILES string of the molecule is CCC1(Br)CN(c2ccccc2)C1=O. The minimum absolute atomic E-state index is 0.172. The Labute approximate surface area is 92.0 Å². The fourth-order valence-corrected chi connectivity index (χ4v) is 2.08. The van der Waals surface area contributed by atoms with Crippen LogP contribution in [0.4, 0.5) is 5.69 Å². The van der Waals surface area contributed by atoms with Crippen LogP contribution in [0.15, 0.2) is 30.3 Å². The number of nitrogens with zero attached hydrogens (tertiary/aromatic N) is 1. The first kappa shape index (κ1) is 9.71. The van der Waals surface area contributed by atoms with Crippen molar-refractivity contribution < 1.29 is 4.79 Å². The molecule has 0 aromatic heterocycles. The summed E-state index contributed by atoms with van der Waals surface area (Å²) in [6.07, 6.45) is 0.842. The minimum atomic E-state index is -0.303. The van der Waals surface area contributed by atoms with Crippen LogP contribution >= 0.6 is 15.9 Å². The molecule has 3 heteroatoms. The second kappa shape index (κ2) is 3.39. The van der Waals surface area contributed by atoms with E-state index < -0.39 is 0 Å². The molecule has 2 nitrogen and oxygen atoms in total. The second-order valence-electron chi connectivity index (χ2n) is 3.55. The van der Waals surface area contributed by atoms with Gasteiger partial charge in [0, 0.05) is 5.69 Å². The molecule has 1 unspecified atom stereocenters. The number of anilines is 1. The highest BCUT2D eigenvalue weighted by molar-refractivity contribution is 9.10. The number of carbonyl (C=O) groups is 1. The highest BCUT2D eigenvalue weighted by Gasteiger charge is 2.49. The molecule has 0 bridgehead atoms. The average molecular weight is 254 g/mol. The van der Waals surface area contributed by atoms with E-state index in [1.807, 2.05) is 37.3 Å². The van der Waals surface area contributed by atoms with E-state index in [2.05, 4.69) is 15.9 Å². The van der Waals surface area contributed by atoms with Crippen molar-refractivity contribution in [3.05, 3.63) is 30.3 Å². The predicted octanol–water partition coefficient (Wildman–Crippen LogP) is 2.58. The summed E-state index contributed by atoms with van der Waals surface area (Å²) in [5.41, 5.74) is 0.987. The molecule has 0 radical (unpaired) electrons. The zero-order valence-corrected chi connectivity index (χ0v) is 9.62. The Morgan fingerprint density at radius 2 is 2.07 bits per heavy atom. The van der Waals surface area contributed by atoms with Crippen molar-refractivity contribution in [3.63, 3.8) is 0 Å². The molecule has 0 aliphatic carbocycles. The van der Waals surface area contributed by atoms with Crippen LogP contribution in [0.25, 0.3) is 0 Å². The number of amides is 1. The van der Waals surface area contributed by atoms with Gasteiger partial charge in [-0.2, -0.15) is 0 Å². The molecule has 1 aromatic rings. The van der Waals surface area contributed by atoms with E-state index in [0.29, 0.717) is 0 Å². The molecule has 2 rings (SSSR count). The lowest BCUT2D eigenvalue weighted by Crippen LogP contribution is -2.63. The van der Waals surface area contributed by atoms with Crippen molar-refractivity contribution in [2.75, 3.05) is 11.4 Å². The zero-order chi connectivity index (χ0) is 10.2. The summed E-state index contributed by atoms with van der Waals surface area (Å²) in [6.45, 7) is 2.79. The first-order chi connectivity index (χ1) is 6.67. The molecule has 1 atom stereocenters. The van der Waals surface area contributed by atoms with Gasteiger partial charge >= 0.3 is 0 Å². The maximum atomic E-state index is 11.8. The Hall–Kier alpha value is -0.830. The van der Waals surface area contributed by atoms with E-state index in [4.69, 9.17) is 0 Å². The third kappa shape index (κ3) is 1.36. The fourth-order valence-electron chi connectivity index (χ4n) is 1.62. The standard InChI is InChI=1S/C11H12BrNO/c1-2-11(12)8-13(10(11)14)9-6-4-3-5-7-9/h3-7H,2,8H2,1H3. The largest absolute Gasteiger partial charge is 0.309 e. The molecular weight excluding hydrogens is 242 g/mol. The van der Waals surface area contributed by atoms with Crippen molar-refractivity contribution in [1.82, 2.24) is 0 Å². The fraction of sp³-hybridized carbons (Fsp3) is 0.364. The minimum Gasteiger partial charge on any atom is -0.309 e. The van der Waals surface area contributed by atoms with Crippen LogP contribution in [0.1, 0.15) is 13.3 Å². The second-order valence-corrected chi connectivity index (χ2v) is 5.06. The highest BCUT2D eigenvalue weighted by atomic mass is 79.9. The normalized spacial score (nSPS) is 26.1. The van der Waals surface area contributed by atoms with Gasteiger partial charge in [0.2, 0.25) is 5.91 Å². The lowest BCUT2D eigenvalue weighted by atomic mass is 9.95. The van der Waals surface area contributed by atoms with Gasteiger partial charge in [-0.15, -0.1) is 0 Å². The van der Waals surface area contributed by atoms with Gasteiger partial charge < -0.3 is 4.90 Å². The van der Waals surface area contributed by atoms with Crippen LogP contribution < -0.4 is 4.90 Å². The van der Waals surface area contributed by atoms with Crippen LogP contribution in [0.3, 0.4) is 0 Å². The van der Waals surface area contributed by atoms with E-state index in [1.165, 1.54) is 0 Å². The summed E-state index contributed by atoms with van der Waals surface area (Å²) < 4.78 is -0.303. The Morgan fingerprint density at radius 3 is 2.57 bits per heavy atom. The third-order valence-corrected chi connectivity index (χ3v) is 3.82. The molecule has 74 valence electrons. The number of para-hydroxylation sites is 1. The number of carbonyl (C=O) groups excluding carboxylic acids is 1. The number of alkyl halides is 1. The first-order valence-corrected chi connectivity index (χ1v) is 5.52. The van der Waals surface area contributed by atoms with Crippen molar-refractivity contribution in [2.24, 2.45) is 0 Å². The van der Waals surface area contributed by atoms with E-state index in [1.54, 1.807) is 4.90 Å². The maximum Gasteiger partial charge on any atom is 0.245 e. The van der Waals surface area contributed by atoms with Gasteiger partial charge in [-0.25, -0.2) is 0 Å². The van der Waals surface area contributed by atoms with E-state index in [9.17, 15) is 4.79 Å². The Kier molecular flexibility index (Phi) is 2.35. The van der Waals surface area contributed by atoms with Crippen LogP contribution in [-0.4, -0.2) is 16.8 Å². The molecule has 1 aliphatic rings. The van der Waals surface area contributed by atoms with E-state index in [-0.39, 0.29) is 10.2 Å². The van der Waals surface area contributed by atoms with Crippen LogP contribution in [0.5, 0.6) is 0 Å². The Balaban J connectivity index is 2.16. The van der Waals surface area contributed by atoms with Gasteiger partial charge in [0.25, 0.3) is 0 Å². The summed E-state index contributed by atoms with van der Waals surface area (Å²) in [5, 5.41) is 0. The molecule has 1 aliphatic heterocycles. The smallest absolute Gasteiger partial charge is 0.245 e.